The molecule has 0 aliphatic carbocycles. The molecule has 1 aromatic rings. The number of benzene rings is 1. The molecule has 1 rings (SSSR count). The van der Waals surface area contributed by atoms with Gasteiger partial charge in [-0.3, -0.25) is 4.79 Å². The molecule has 2 N–H and O–H groups in total. The van der Waals surface area contributed by atoms with E-state index >= 15 is 0 Å². The summed E-state index contributed by atoms with van der Waals surface area (Å²) in [7, 11) is 1.61. The number of hydrogen-bond acceptors (Lipinski definition) is 3. The Balaban J connectivity index is 2.53. The van der Waals surface area contributed by atoms with Gasteiger partial charge >= 0.3 is 0 Å². The first-order valence-corrected chi connectivity index (χ1v) is 4.80. The average molecular weight is 219 g/mol. The second-order valence-corrected chi connectivity index (χ2v) is 3.11. The van der Waals surface area contributed by atoms with Crippen molar-refractivity contribution in [2.24, 2.45) is 5.11 Å². The second-order valence-electron chi connectivity index (χ2n) is 3.11. The van der Waals surface area contributed by atoms with E-state index in [0.29, 0.717) is 6.42 Å². The number of carbonyl (C=O) groups is 1. The van der Waals surface area contributed by atoms with Crippen molar-refractivity contribution in [3.05, 3.63) is 40.3 Å². The molecule has 0 radical (unpaired) electrons. The van der Waals surface area contributed by atoms with Gasteiger partial charge in [-0.1, -0.05) is 17.2 Å². The molecule has 0 aromatic heterocycles. The number of nitrogens with one attached hydrogen (secondary N) is 2. The number of anilines is 1. The van der Waals surface area contributed by atoms with Crippen molar-refractivity contribution >= 4 is 11.6 Å². The van der Waals surface area contributed by atoms with Gasteiger partial charge in [-0.2, -0.15) is 0 Å². The monoisotopic (exact) mass is 219 g/mol. The molecule has 0 bridgehead atoms. The Labute approximate surface area is 93.3 Å². The molecule has 0 saturated carbocycles. The van der Waals surface area contributed by atoms with Crippen LogP contribution in [0.2, 0.25) is 0 Å². The lowest BCUT2D eigenvalue weighted by atomic mass is 10.1. The van der Waals surface area contributed by atoms with Crippen LogP contribution in [0.25, 0.3) is 10.4 Å². The predicted octanol–water partition coefficient (Wildman–Crippen LogP) is 1.65. The van der Waals surface area contributed by atoms with Crippen LogP contribution in [-0.2, 0) is 11.2 Å². The van der Waals surface area contributed by atoms with Crippen LogP contribution in [0.1, 0.15) is 5.56 Å². The molecule has 84 valence electrons. The summed E-state index contributed by atoms with van der Waals surface area (Å²) in [5.41, 5.74) is 9.88. The van der Waals surface area contributed by atoms with E-state index in [1.54, 1.807) is 7.05 Å². The predicted molar refractivity (Wildman–Crippen MR) is 61.8 cm³/mol. The summed E-state index contributed by atoms with van der Waals surface area (Å²) in [6.45, 7) is 0.214. The van der Waals surface area contributed by atoms with Gasteiger partial charge in [-0.25, -0.2) is 0 Å². The molecule has 6 nitrogen and oxygen atoms in total. The molecule has 0 atom stereocenters. The lowest BCUT2D eigenvalue weighted by molar-refractivity contribution is -0.119. The van der Waals surface area contributed by atoms with Crippen LogP contribution in [0.4, 0.5) is 5.69 Å². The quantitative estimate of drug-likeness (QED) is 0.448. The molecule has 6 heteroatoms. The zero-order chi connectivity index (χ0) is 11.8. The third kappa shape index (κ3) is 3.89. The Kier molecular flexibility index (Phi) is 4.69. The van der Waals surface area contributed by atoms with Crippen LogP contribution >= 0.6 is 0 Å². The van der Waals surface area contributed by atoms with Gasteiger partial charge in [0.1, 0.15) is 0 Å². The Bertz CT molecular complexity index is 394. The van der Waals surface area contributed by atoms with Gasteiger partial charge in [-0.15, -0.1) is 0 Å². The van der Waals surface area contributed by atoms with Gasteiger partial charge in [0.2, 0.25) is 5.91 Å². The molecule has 0 aliphatic rings. The number of rotatable bonds is 5. The minimum Gasteiger partial charge on any atom is -0.379 e. The molecule has 0 heterocycles. The average Bonchev–Trinajstić information content (AvgIpc) is 2.31. The first-order chi connectivity index (χ1) is 7.76. The maximum atomic E-state index is 11.1. The van der Waals surface area contributed by atoms with Crippen LogP contribution in [-0.4, -0.2) is 19.6 Å². The van der Waals surface area contributed by atoms with E-state index in [-0.39, 0.29) is 12.6 Å². The van der Waals surface area contributed by atoms with Crippen molar-refractivity contribution in [1.29, 1.82) is 0 Å². The molecule has 1 aromatic carbocycles. The minimum absolute atomic E-state index is 0.0187. The van der Waals surface area contributed by atoms with E-state index in [1.165, 1.54) is 0 Å². The van der Waals surface area contributed by atoms with Crippen molar-refractivity contribution in [2.45, 2.75) is 6.42 Å². The van der Waals surface area contributed by atoms with Gasteiger partial charge in [0.15, 0.2) is 0 Å². The fourth-order valence-corrected chi connectivity index (χ4v) is 1.17. The standard InChI is InChI=1S/C10H13N5O/c1-12-10(16)6-8-2-4-9(5-3-8)13-7-14-15-11/h2-5,13H,6-7H2,1H3,(H,12,16). The zero-order valence-electron chi connectivity index (χ0n) is 8.97. The smallest absolute Gasteiger partial charge is 0.224 e. The van der Waals surface area contributed by atoms with Crippen molar-refractivity contribution in [3.8, 4) is 0 Å². The zero-order valence-corrected chi connectivity index (χ0v) is 8.97. The Morgan fingerprint density at radius 1 is 1.44 bits per heavy atom. The van der Waals surface area contributed by atoms with E-state index in [2.05, 4.69) is 20.7 Å². The maximum absolute atomic E-state index is 11.1. The van der Waals surface area contributed by atoms with Crippen LogP contribution in [0.3, 0.4) is 0 Å². The molecular formula is C10H13N5O. The first kappa shape index (κ1) is 11.9. The number of azide groups is 1. The SMILES string of the molecule is CNC(=O)Cc1ccc(NCN=[N+]=[N-])cc1. The van der Waals surface area contributed by atoms with E-state index in [1.807, 2.05) is 24.3 Å². The van der Waals surface area contributed by atoms with Gasteiger partial charge in [0.05, 0.1) is 13.1 Å². The topological polar surface area (TPSA) is 89.9 Å². The molecule has 0 saturated heterocycles. The number of nitrogens with zero attached hydrogens (tertiary/aromatic N) is 3. The number of amides is 1. The highest BCUT2D eigenvalue weighted by Gasteiger charge is 2.00. The maximum Gasteiger partial charge on any atom is 0.224 e. The normalized spacial score (nSPS) is 9.06. The summed E-state index contributed by atoms with van der Waals surface area (Å²) in [5.74, 6) is -0.0187. The van der Waals surface area contributed by atoms with Crippen LogP contribution in [0.5, 0.6) is 0 Å². The molecule has 16 heavy (non-hydrogen) atoms. The van der Waals surface area contributed by atoms with E-state index in [0.717, 1.165) is 11.3 Å². The van der Waals surface area contributed by atoms with Crippen LogP contribution in [0, 0.1) is 0 Å². The third-order valence-electron chi connectivity index (χ3n) is 2.01. The molecule has 0 fully saturated rings. The summed E-state index contributed by atoms with van der Waals surface area (Å²) in [4.78, 5) is 13.7. The Hall–Kier alpha value is -2.20. The second kappa shape index (κ2) is 6.31. The summed E-state index contributed by atoms with van der Waals surface area (Å²) in [6.07, 6.45) is 0.368. The van der Waals surface area contributed by atoms with Crippen molar-refractivity contribution < 1.29 is 4.79 Å². The fraction of sp³-hybridized carbons (Fsp3) is 0.300. The van der Waals surface area contributed by atoms with E-state index < -0.39 is 0 Å². The highest BCUT2D eigenvalue weighted by atomic mass is 16.1. The van der Waals surface area contributed by atoms with Crippen molar-refractivity contribution in [1.82, 2.24) is 5.32 Å². The number of carbonyl (C=O) groups excluding carboxylic acids is 1. The minimum atomic E-state index is -0.0187. The van der Waals surface area contributed by atoms with Crippen LogP contribution < -0.4 is 10.6 Å². The largest absolute Gasteiger partial charge is 0.379 e. The fourth-order valence-electron chi connectivity index (χ4n) is 1.17. The van der Waals surface area contributed by atoms with Crippen molar-refractivity contribution in [3.63, 3.8) is 0 Å². The summed E-state index contributed by atoms with van der Waals surface area (Å²) >= 11 is 0. The van der Waals surface area contributed by atoms with Crippen LogP contribution in [0.15, 0.2) is 29.4 Å². The Morgan fingerprint density at radius 2 is 2.12 bits per heavy atom. The first-order valence-electron chi connectivity index (χ1n) is 4.80. The van der Waals surface area contributed by atoms with E-state index in [4.69, 9.17) is 5.53 Å². The lowest BCUT2D eigenvalue weighted by Gasteiger charge is -2.04. The van der Waals surface area contributed by atoms with Gasteiger partial charge in [-0.05, 0) is 23.2 Å². The van der Waals surface area contributed by atoms with Gasteiger partial charge < -0.3 is 10.6 Å². The summed E-state index contributed by atoms with van der Waals surface area (Å²) in [6, 6.07) is 7.39. The highest BCUT2D eigenvalue weighted by molar-refractivity contribution is 5.78. The molecule has 0 spiro atoms. The van der Waals surface area contributed by atoms with Gasteiger partial charge in [0, 0.05) is 17.6 Å². The van der Waals surface area contributed by atoms with E-state index in [9.17, 15) is 4.79 Å². The lowest BCUT2D eigenvalue weighted by Crippen LogP contribution is -2.19. The summed E-state index contributed by atoms with van der Waals surface area (Å²) < 4.78 is 0. The molecular weight excluding hydrogens is 206 g/mol. The molecule has 1 amide bonds. The molecule has 0 aliphatic heterocycles. The number of likely N-dealkylation sites (N-methyl/N-ethyl adjacent to an activating group) is 1. The van der Waals surface area contributed by atoms with Gasteiger partial charge in [0.25, 0.3) is 0 Å². The third-order valence-corrected chi connectivity index (χ3v) is 2.01. The Morgan fingerprint density at radius 3 is 2.69 bits per heavy atom. The summed E-state index contributed by atoms with van der Waals surface area (Å²) in [5, 5.41) is 8.84. The number of hydrogen-bond donors (Lipinski definition) is 2. The highest BCUT2D eigenvalue weighted by Crippen LogP contribution is 2.09. The molecule has 0 unspecified atom stereocenters. The van der Waals surface area contributed by atoms with Crippen molar-refractivity contribution in [2.75, 3.05) is 19.0 Å².